The van der Waals surface area contributed by atoms with E-state index in [0.29, 0.717) is 6.04 Å². The van der Waals surface area contributed by atoms with Crippen molar-refractivity contribution in [1.82, 2.24) is 10.3 Å². The van der Waals surface area contributed by atoms with E-state index < -0.39 is 0 Å². The Morgan fingerprint density at radius 3 is 2.65 bits per heavy atom. The Labute approximate surface area is 127 Å². The molecule has 1 heterocycles. The van der Waals surface area contributed by atoms with Crippen molar-refractivity contribution in [2.24, 2.45) is 0 Å². The van der Waals surface area contributed by atoms with Crippen molar-refractivity contribution in [2.45, 2.75) is 71.9 Å². The van der Waals surface area contributed by atoms with Crippen LogP contribution < -0.4 is 10.2 Å². The summed E-state index contributed by atoms with van der Waals surface area (Å²) in [4.78, 5) is 8.89. The van der Waals surface area contributed by atoms with E-state index in [2.05, 4.69) is 37.9 Å². The van der Waals surface area contributed by atoms with E-state index >= 15 is 0 Å². The van der Waals surface area contributed by atoms with E-state index in [1.54, 1.807) is 0 Å². The maximum Gasteiger partial charge on any atom is 0.185 e. The third-order valence-electron chi connectivity index (χ3n) is 3.79. The predicted molar refractivity (Wildman–Crippen MR) is 88.9 cm³/mol. The molecule has 2 rings (SSSR count). The van der Waals surface area contributed by atoms with Gasteiger partial charge in [-0.1, -0.05) is 27.2 Å². The topological polar surface area (TPSA) is 28.2 Å². The van der Waals surface area contributed by atoms with Crippen LogP contribution in [0.5, 0.6) is 0 Å². The highest BCUT2D eigenvalue weighted by atomic mass is 32.1. The molecule has 1 aromatic rings. The number of nitrogens with one attached hydrogen (secondary N) is 1. The second-order valence-electron chi connectivity index (χ2n) is 6.05. The normalized spacial score (nSPS) is 15.1. The van der Waals surface area contributed by atoms with Crippen molar-refractivity contribution < 1.29 is 0 Å². The van der Waals surface area contributed by atoms with Gasteiger partial charge in [-0.3, -0.25) is 0 Å². The first-order valence-electron chi connectivity index (χ1n) is 8.13. The highest BCUT2D eigenvalue weighted by Gasteiger charge is 2.30. The van der Waals surface area contributed by atoms with Crippen molar-refractivity contribution in [3.8, 4) is 0 Å². The third-order valence-corrected chi connectivity index (χ3v) is 4.92. The Balaban J connectivity index is 2.10. The molecule has 0 aromatic carbocycles. The van der Waals surface area contributed by atoms with E-state index in [1.807, 2.05) is 11.3 Å². The van der Waals surface area contributed by atoms with Gasteiger partial charge in [0.2, 0.25) is 0 Å². The molecular weight excluding hydrogens is 266 g/mol. The number of unbranched alkanes of at least 4 members (excludes halogenated alkanes) is 1. The Morgan fingerprint density at radius 2 is 2.10 bits per heavy atom. The summed E-state index contributed by atoms with van der Waals surface area (Å²) in [6.45, 7) is 12.1. The summed E-state index contributed by atoms with van der Waals surface area (Å²) < 4.78 is 0. The van der Waals surface area contributed by atoms with E-state index in [-0.39, 0.29) is 0 Å². The van der Waals surface area contributed by atoms with E-state index in [9.17, 15) is 0 Å². The van der Waals surface area contributed by atoms with E-state index in [1.165, 1.54) is 41.4 Å². The minimum absolute atomic E-state index is 0.537. The molecule has 3 nitrogen and oxygen atoms in total. The molecule has 1 N–H and O–H groups in total. The SMILES string of the molecule is CCCCN(CC)c1nc(C2CC2)c(CNC(C)C)s1. The van der Waals surface area contributed by atoms with E-state index in [4.69, 9.17) is 4.98 Å². The summed E-state index contributed by atoms with van der Waals surface area (Å²) in [5.41, 5.74) is 1.38. The van der Waals surface area contributed by atoms with Crippen LogP contribution in [0.3, 0.4) is 0 Å². The second-order valence-corrected chi connectivity index (χ2v) is 7.11. The standard InChI is InChI=1S/C16H29N3S/c1-5-7-10-19(6-2)16-18-15(13-8-9-13)14(20-16)11-17-12(3)4/h12-13,17H,5-11H2,1-4H3. The molecule has 1 aliphatic carbocycles. The number of anilines is 1. The summed E-state index contributed by atoms with van der Waals surface area (Å²) in [5.74, 6) is 0.744. The van der Waals surface area contributed by atoms with Crippen LogP contribution in [0.15, 0.2) is 0 Å². The van der Waals surface area contributed by atoms with Gasteiger partial charge in [0.1, 0.15) is 0 Å². The molecule has 0 bridgehead atoms. The van der Waals surface area contributed by atoms with Gasteiger partial charge in [0.15, 0.2) is 5.13 Å². The summed E-state index contributed by atoms with van der Waals surface area (Å²) in [6, 6.07) is 0.537. The molecule has 0 spiro atoms. The number of rotatable bonds is 9. The smallest absolute Gasteiger partial charge is 0.185 e. The van der Waals surface area contributed by atoms with Crippen LogP contribution in [-0.2, 0) is 6.54 Å². The van der Waals surface area contributed by atoms with Crippen LogP contribution >= 0.6 is 11.3 Å². The minimum Gasteiger partial charge on any atom is -0.348 e. The largest absolute Gasteiger partial charge is 0.348 e. The second kappa shape index (κ2) is 7.41. The van der Waals surface area contributed by atoms with Crippen molar-refractivity contribution >= 4 is 16.5 Å². The lowest BCUT2D eigenvalue weighted by Gasteiger charge is -2.19. The lowest BCUT2D eigenvalue weighted by molar-refractivity contribution is 0.590. The molecule has 1 saturated carbocycles. The van der Waals surface area contributed by atoms with Gasteiger partial charge in [0, 0.05) is 36.5 Å². The zero-order valence-electron chi connectivity index (χ0n) is 13.4. The van der Waals surface area contributed by atoms with Gasteiger partial charge in [-0.25, -0.2) is 4.98 Å². The predicted octanol–water partition coefficient (Wildman–Crippen LogP) is 4.14. The fourth-order valence-corrected chi connectivity index (χ4v) is 3.51. The first-order chi connectivity index (χ1) is 9.65. The monoisotopic (exact) mass is 295 g/mol. The van der Waals surface area contributed by atoms with E-state index in [0.717, 1.165) is 25.6 Å². The molecule has 1 fully saturated rings. The average Bonchev–Trinajstić information content (AvgIpc) is 3.18. The maximum absolute atomic E-state index is 4.98. The van der Waals surface area contributed by atoms with Crippen LogP contribution in [0.4, 0.5) is 5.13 Å². The minimum atomic E-state index is 0.537. The van der Waals surface area contributed by atoms with Crippen molar-refractivity contribution in [3.63, 3.8) is 0 Å². The van der Waals surface area contributed by atoms with Crippen LogP contribution in [0.25, 0.3) is 0 Å². The molecule has 1 aromatic heterocycles. The van der Waals surface area contributed by atoms with Gasteiger partial charge in [0.25, 0.3) is 0 Å². The molecule has 0 atom stereocenters. The lowest BCUT2D eigenvalue weighted by atomic mass is 10.2. The third kappa shape index (κ3) is 4.19. The van der Waals surface area contributed by atoms with Crippen molar-refractivity contribution in [1.29, 1.82) is 0 Å². The maximum atomic E-state index is 4.98. The highest BCUT2D eigenvalue weighted by molar-refractivity contribution is 7.15. The number of thiazole rings is 1. The fourth-order valence-electron chi connectivity index (χ4n) is 2.32. The van der Waals surface area contributed by atoms with Gasteiger partial charge in [-0.05, 0) is 26.2 Å². The molecule has 0 radical (unpaired) electrons. The molecule has 1 aliphatic rings. The highest BCUT2D eigenvalue weighted by Crippen LogP contribution is 2.44. The van der Waals surface area contributed by atoms with Gasteiger partial charge in [-0.15, -0.1) is 11.3 Å². The Bertz CT molecular complexity index is 410. The zero-order valence-corrected chi connectivity index (χ0v) is 14.2. The van der Waals surface area contributed by atoms with Gasteiger partial charge in [0.05, 0.1) is 5.69 Å². The van der Waals surface area contributed by atoms with Crippen molar-refractivity contribution in [3.05, 3.63) is 10.6 Å². The Morgan fingerprint density at radius 1 is 1.35 bits per heavy atom. The van der Waals surface area contributed by atoms with Crippen LogP contribution in [0.1, 0.15) is 69.9 Å². The molecule has 20 heavy (non-hydrogen) atoms. The summed E-state index contributed by atoms with van der Waals surface area (Å²) in [7, 11) is 0. The first kappa shape index (κ1) is 15.8. The van der Waals surface area contributed by atoms with Crippen molar-refractivity contribution in [2.75, 3.05) is 18.0 Å². The molecule has 0 unspecified atom stereocenters. The average molecular weight is 295 g/mol. The number of hydrogen-bond donors (Lipinski definition) is 1. The summed E-state index contributed by atoms with van der Waals surface area (Å²) >= 11 is 1.91. The van der Waals surface area contributed by atoms with Crippen LogP contribution in [0.2, 0.25) is 0 Å². The molecule has 0 aliphatic heterocycles. The number of hydrogen-bond acceptors (Lipinski definition) is 4. The quantitative estimate of drug-likeness (QED) is 0.742. The number of aromatic nitrogens is 1. The Hall–Kier alpha value is -0.610. The fraction of sp³-hybridized carbons (Fsp3) is 0.812. The molecule has 0 saturated heterocycles. The van der Waals surface area contributed by atoms with Gasteiger partial charge < -0.3 is 10.2 Å². The summed E-state index contributed by atoms with van der Waals surface area (Å²) in [5, 5.41) is 4.79. The number of nitrogens with zero attached hydrogens (tertiary/aromatic N) is 2. The molecule has 114 valence electrons. The molecule has 4 heteroatoms. The zero-order chi connectivity index (χ0) is 14.5. The van der Waals surface area contributed by atoms with Crippen LogP contribution in [0, 0.1) is 0 Å². The molecule has 0 amide bonds. The first-order valence-corrected chi connectivity index (χ1v) is 8.95. The van der Waals surface area contributed by atoms with Crippen LogP contribution in [-0.4, -0.2) is 24.1 Å². The summed E-state index contributed by atoms with van der Waals surface area (Å²) in [6.07, 6.45) is 5.17. The van der Waals surface area contributed by atoms with Gasteiger partial charge >= 0.3 is 0 Å². The van der Waals surface area contributed by atoms with Gasteiger partial charge in [-0.2, -0.15) is 0 Å². The lowest BCUT2D eigenvalue weighted by Crippen LogP contribution is -2.23. The Kier molecular flexibility index (Phi) is 5.85. The molecular formula is C16H29N3S.